The fourth-order valence-electron chi connectivity index (χ4n) is 3.90. The van der Waals surface area contributed by atoms with Crippen molar-refractivity contribution in [3.05, 3.63) is 65.5 Å². The average molecular weight is 361 g/mol. The van der Waals surface area contributed by atoms with Crippen LogP contribution in [0.5, 0.6) is 0 Å². The zero-order valence-corrected chi connectivity index (χ0v) is 16.6. The van der Waals surface area contributed by atoms with Gasteiger partial charge in [-0.2, -0.15) is 0 Å². The molecule has 0 N–H and O–H groups in total. The minimum Gasteiger partial charge on any atom is -0.345 e. The van der Waals surface area contributed by atoms with Gasteiger partial charge in [-0.1, -0.05) is 57.2 Å². The topological polar surface area (TPSA) is 38.1 Å². The fourth-order valence-corrected chi connectivity index (χ4v) is 3.90. The molecule has 0 aliphatic carbocycles. The van der Waals surface area contributed by atoms with Crippen molar-refractivity contribution in [2.75, 3.05) is 13.6 Å². The number of rotatable bonds is 3. The first-order valence-electron chi connectivity index (χ1n) is 9.61. The van der Waals surface area contributed by atoms with Crippen LogP contribution < -0.4 is 0 Å². The maximum Gasteiger partial charge on any atom is 0.223 e. The number of aromatic nitrogens is 2. The van der Waals surface area contributed by atoms with Gasteiger partial charge in [-0.15, -0.1) is 0 Å². The van der Waals surface area contributed by atoms with Gasteiger partial charge in [0.25, 0.3) is 0 Å². The molecule has 4 nitrogen and oxygen atoms in total. The summed E-state index contributed by atoms with van der Waals surface area (Å²) in [5.41, 5.74) is 4.88. The molecule has 140 valence electrons. The molecule has 1 aromatic heterocycles. The number of hydrogen-bond acceptors (Lipinski definition) is 2. The van der Waals surface area contributed by atoms with Gasteiger partial charge in [0.1, 0.15) is 5.82 Å². The summed E-state index contributed by atoms with van der Waals surface area (Å²) < 4.78 is 2.29. The molecule has 1 saturated heterocycles. The van der Waals surface area contributed by atoms with Crippen LogP contribution in [0.25, 0.3) is 11.0 Å². The van der Waals surface area contributed by atoms with Crippen LogP contribution >= 0.6 is 0 Å². The Morgan fingerprint density at radius 3 is 2.41 bits per heavy atom. The van der Waals surface area contributed by atoms with E-state index in [0.717, 1.165) is 29.9 Å². The second kappa shape index (κ2) is 6.52. The van der Waals surface area contributed by atoms with E-state index in [9.17, 15) is 4.79 Å². The number of fused-ring (bicyclic) bond motifs is 1. The number of likely N-dealkylation sites (N-methyl/N-ethyl adjacent to an activating group) is 1. The lowest BCUT2D eigenvalue weighted by atomic mass is 9.87. The third-order valence-electron chi connectivity index (χ3n) is 5.55. The lowest BCUT2D eigenvalue weighted by Crippen LogP contribution is -2.19. The molecule has 2 aromatic carbocycles. The quantitative estimate of drug-likeness (QED) is 0.696. The van der Waals surface area contributed by atoms with E-state index in [0.29, 0.717) is 6.42 Å². The molecule has 0 saturated carbocycles. The lowest BCUT2D eigenvalue weighted by Gasteiger charge is -2.19. The largest absolute Gasteiger partial charge is 0.345 e. The van der Waals surface area contributed by atoms with Gasteiger partial charge in [0.05, 0.1) is 11.0 Å². The normalized spacial score (nSPS) is 17.9. The van der Waals surface area contributed by atoms with Gasteiger partial charge in [-0.3, -0.25) is 4.79 Å². The maximum absolute atomic E-state index is 12.1. The van der Waals surface area contributed by atoms with Crippen LogP contribution in [-0.4, -0.2) is 34.0 Å². The molecule has 27 heavy (non-hydrogen) atoms. The lowest BCUT2D eigenvalue weighted by molar-refractivity contribution is -0.126. The first kappa shape index (κ1) is 17.8. The van der Waals surface area contributed by atoms with Gasteiger partial charge < -0.3 is 9.47 Å². The minimum atomic E-state index is 0.153. The van der Waals surface area contributed by atoms with Crippen LogP contribution in [0.15, 0.2) is 48.5 Å². The van der Waals surface area contributed by atoms with Gasteiger partial charge in [-0.25, -0.2) is 4.98 Å². The van der Waals surface area contributed by atoms with Gasteiger partial charge >= 0.3 is 0 Å². The summed E-state index contributed by atoms with van der Waals surface area (Å²) in [7, 11) is 1.88. The van der Waals surface area contributed by atoms with E-state index in [4.69, 9.17) is 4.98 Å². The maximum atomic E-state index is 12.1. The first-order chi connectivity index (χ1) is 12.8. The molecule has 4 rings (SSSR count). The number of imidazole rings is 1. The number of para-hydroxylation sites is 2. The van der Waals surface area contributed by atoms with Crippen LogP contribution in [-0.2, 0) is 16.8 Å². The molecule has 1 amide bonds. The highest BCUT2D eigenvalue weighted by Gasteiger charge is 2.31. The van der Waals surface area contributed by atoms with Crippen LogP contribution in [0.2, 0.25) is 0 Å². The van der Waals surface area contributed by atoms with Crippen molar-refractivity contribution in [1.29, 1.82) is 0 Å². The second-order valence-corrected chi connectivity index (χ2v) is 8.67. The summed E-state index contributed by atoms with van der Waals surface area (Å²) >= 11 is 0. The summed E-state index contributed by atoms with van der Waals surface area (Å²) in [6.07, 6.45) is 0.544. The molecule has 0 radical (unpaired) electrons. The van der Waals surface area contributed by atoms with E-state index in [1.165, 1.54) is 11.1 Å². The van der Waals surface area contributed by atoms with E-state index in [1.807, 2.05) is 18.0 Å². The predicted molar refractivity (Wildman–Crippen MR) is 109 cm³/mol. The van der Waals surface area contributed by atoms with Crippen molar-refractivity contribution in [3.8, 4) is 0 Å². The van der Waals surface area contributed by atoms with Gasteiger partial charge in [0.15, 0.2) is 0 Å². The number of nitrogens with zero attached hydrogens (tertiary/aromatic N) is 3. The fraction of sp³-hybridized carbons (Fsp3) is 0.391. The minimum absolute atomic E-state index is 0.153. The Morgan fingerprint density at radius 1 is 1.07 bits per heavy atom. The molecule has 1 aliphatic heterocycles. The smallest absolute Gasteiger partial charge is 0.223 e. The van der Waals surface area contributed by atoms with E-state index in [1.54, 1.807) is 0 Å². The summed E-state index contributed by atoms with van der Waals surface area (Å²) in [4.78, 5) is 18.8. The van der Waals surface area contributed by atoms with E-state index in [-0.39, 0.29) is 17.2 Å². The molecule has 3 aromatic rings. The monoisotopic (exact) mass is 361 g/mol. The highest BCUT2D eigenvalue weighted by molar-refractivity contribution is 5.80. The third kappa shape index (κ3) is 3.36. The molecule has 0 bridgehead atoms. The third-order valence-corrected chi connectivity index (χ3v) is 5.55. The average Bonchev–Trinajstić information content (AvgIpc) is 3.15. The van der Waals surface area contributed by atoms with Crippen molar-refractivity contribution < 1.29 is 4.79 Å². The van der Waals surface area contributed by atoms with E-state index >= 15 is 0 Å². The summed E-state index contributed by atoms with van der Waals surface area (Å²) in [5.74, 6) is 1.38. The predicted octanol–water partition coefficient (Wildman–Crippen LogP) is 4.33. The van der Waals surface area contributed by atoms with Crippen LogP contribution in [0.3, 0.4) is 0 Å². The van der Waals surface area contributed by atoms with Crippen molar-refractivity contribution in [1.82, 2.24) is 14.5 Å². The summed E-state index contributed by atoms with van der Waals surface area (Å²) in [5, 5.41) is 0. The molecule has 1 fully saturated rings. The van der Waals surface area contributed by atoms with Crippen molar-refractivity contribution >= 4 is 16.9 Å². The Balaban J connectivity index is 1.72. The zero-order valence-electron chi connectivity index (χ0n) is 16.6. The number of carbonyl (C=O) groups is 1. The van der Waals surface area contributed by atoms with E-state index in [2.05, 4.69) is 67.8 Å². The number of hydrogen-bond donors (Lipinski definition) is 0. The molecule has 0 unspecified atom stereocenters. The summed E-state index contributed by atoms with van der Waals surface area (Å²) in [6.45, 7) is 8.21. The van der Waals surface area contributed by atoms with Gasteiger partial charge in [-0.05, 0) is 28.7 Å². The Kier molecular flexibility index (Phi) is 4.29. The van der Waals surface area contributed by atoms with Crippen LogP contribution in [0.1, 0.15) is 50.1 Å². The molecule has 0 spiro atoms. The van der Waals surface area contributed by atoms with Gasteiger partial charge in [0, 0.05) is 32.5 Å². The number of carbonyl (C=O) groups excluding carboxylic acids is 1. The van der Waals surface area contributed by atoms with Crippen LogP contribution in [0.4, 0.5) is 0 Å². The second-order valence-electron chi connectivity index (χ2n) is 8.67. The molecule has 2 heterocycles. The number of likely N-dealkylation sites (tertiary alicyclic amines) is 1. The van der Waals surface area contributed by atoms with Crippen molar-refractivity contribution in [2.24, 2.45) is 0 Å². The van der Waals surface area contributed by atoms with Crippen LogP contribution in [0, 0.1) is 0 Å². The Labute approximate surface area is 160 Å². The summed E-state index contributed by atoms with van der Waals surface area (Å²) in [6, 6.07) is 17.1. The standard InChI is InChI=1S/C23H27N3O/c1-23(2,3)18-11-9-16(10-12-18)14-26-20-8-6-5-7-19(20)24-22(26)17-13-21(27)25(4)15-17/h5-12,17H,13-15H2,1-4H3/t17-/m1/s1. The zero-order chi connectivity index (χ0) is 19.2. The van der Waals surface area contributed by atoms with Gasteiger partial charge in [0.2, 0.25) is 5.91 Å². The Bertz CT molecular complexity index is 979. The highest BCUT2D eigenvalue weighted by Crippen LogP contribution is 2.30. The Hall–Kier alpha value is -2.62. The molecular formula is C23H27N3O. The number of amides is 1. The van der Waals surface area contributed by atoms with Crippen molar-refractivity contribution in [3.63, 3.8) is 0 Å². The van der Waals surface area contributed by atoms with Crippen molar-refractivity contribution in [2.45, 2.75) is 45.1 Å². The molecule has 1 atom stereocenters. The SMILES string of the molecule is CN1C[C@H](c2nc3ccccc3n2Cc2ccc(C(C)(C)C)cc2)CC1=O. The number of benzene rings is 2. The highest BCUT2D eigenvalue weighted by atomic mass is 16.2. The Morgan fingerprint density at radius 2 is 1.78 bits per heavy atom. The van der Waals surface area contributed by atoms with E-state index < -0.39 is 0 Å². The first-order valence-corrected chi connectivity index (χ1v) is 9.61. The molecular weight excluding hydrogens is 334 g/mol. The molecule has 1 aliphatic rings. The molecule has 4 heteroatoms.